The third-order valence-electron chi connectivity index (χ3n) is 5.85. The lowest BCUT2D eigenvalue weighted by Crippen LogP contribution is -2.37. The molecule has 3 aromatic rings. The minimum atomic E-state index is -1.01. The second kappa shape index (κ2) is 13.3. The largest absolute Gasteiger partial charge is 0.617 e. The fourth-order valence-corrected chi connectivity index (χ4v) is 4.27. The molecule has 0 aliphatic carbocycles. The van der Waals surface area contributed by atoms with Crippen molar-refractivity contribution in [1.82, 2.24) is 20.2 Å². The van der Waals surface area contributed by atoms with Crippen LogP contribution in [0.3, 0.4) is 0 Å². The number of nitrogens with one attached hydrogen (secondary N) is 3. The van der Waals surface area contributed by atoms with Gasteiger partial charge in [0.2, 0.25) is 5.95 Å². The van der Waals surface area contributed by atoms with Gasteiger partial charge in [0.15, 0.2) is 11.6 Å². The van der Waals surface area contributed by atoms with Crippen LogP contribution in [0.4, 0.5) is 27.5 Å². The lowest BCUT2D eigenvalue weighted by atomic mass is 10.1. The Morgan fingerprint density at radius 2 is 1.97 bits per heavy atom. The average molecular weight is 527 g/mol. The number of benzene rings is 2. The molecule has 0 radical (unpaired) electrons. The van der Waals surface area contributed by atoms with E-state index in [1.54, 1.807) is 30.5 Å². The van der Waals surface area contributed by atoms with E-state index in [9.17, 15) is 13.7 Å². The molecule has 4 rings (SSSR count). The summed E-state index contributed by atoms with van der Waals surface area (Å²) in [4.78, 5) is 23.4. The zero-order valence-corrected chi connectivity index (χ0v) is 21.5. The minimum Gasteiger partial charge on any atom is -0.617 e. The Kier molecular flexibility index (Phi) is 9.66. The van der Waals surface area contributed by atoms with Crippen molar-refractivity contribution in [1.29, 1.82) is 0 Å². The predicted octanol–water partition coefficient (Wildman–Crippen LogP) is 3.09. The van der Waals surface area contributed by atoms with Gasteiger partial charge in [0, 0.05) is 25.3 Å². The van der Waals surface area contributed by atoms with E-state index in [1.807, 2.05) is 18.2 Å². The summed E-state index contributed by atoms with van der Waals surface area (Å²) >= 11 is -1.01. The molecule has 0 bridgehead atoms. The quantitative estimate of drug-likeness (QED) is 0.327. The van der Waals surface area contributed by atoms with Crippen molar-refractivity contribution in [2.24, 2.45) is 0 Å². The van der Waals surface area contributed by atoms with Crippen LogP contribution in [0, 0.1) is 5.82 Å². The minimum absolute atomic E-state index is 0.0594. The van der Waals surface area contributed by atoms with Crippen LogP contribution in [0.1, 0.15) is 15.9 Å². The van der Waals surface area contributed by atoms with E-state index >= 15 is 0 Å². The van der Waals surface area contributed by atoms with Gasteiger partial charge in [-0.2, -0.15) is 4.98 Å². The normalized spacial score (nSPS) is 14.7. The van der Waals surface area contributed by atoms with E-state index in [4.69, 9.17) is 4.74 Å². The molecule has 1 aliphatic heterocycles. The molecule has 0 saturated carbocycles. The van der Waals surface area contributed by atoms with Crippen LogP contribution < -0.4 is 16.0 Å². The number of para-hydroxylation sites is 1. The molecular weight excluding hydrogens is 495 g/mol. The van der Waals surface area contributed by atoms with Gasteiger partial charge in [-0.15, -0.1) is 0 Å². The SMILES string of the molecule is C[S+]([O-])CCNC(=O)c1ccccc1Nc1nc(Nc2cccc(CCN3CCOCC3)c2)ncc1F. The van der Waals surface area contributed by atoms with Crippen LogP contribution in [0.5, 0.6) is 0 Å². The molecule has 9 nitrogen and oxygen atoms in total. The van der Waals surface area contributed by atoms with E-state index in [1.165, 1.54) is 5.56 Å². The smallest absolute Gasteiger partial charge is 0.253 e. The summed E-state index contributed by atoms with van der Waals surface area (Å²) in [7, 11) is 0. The Morgan fingerprint density at radius 1 is 1.16 bits per heavy atom. The number of carbonyl (C=O) groups excluding carboxylic acids is 1. The van der Waals surface area contributed by atoms with Crippen molar-refractivity contribution in [3.05, 3.63) is 71.7 Å². The van der Waals surface area contributed by atoms with Crippen molar-refractivity contribution < 1.29 is 18.5 Å². The highest BCUT2D eigenvalue weighted by Crippen LogP contribution is 2.23. The molecule has 2 aromatic carbocycles. The van der Waals surface area contributed by atoms with E-state index in [-0.39, 0.29) is 24.2 Å². The van der Waals surface area contributed by atoms with E-state index < -0.39 is 17.0 Å². The number of ether oxygens (including phenoxy) is 1. The Hall–Kier alpha value is -3.25. The van der Waals surface area contributed by atoms with Crippen LogP contribution >= 0.6 is 0 Å². The van der Waals surface area contributed by atoms with Gasteiger partial charge in [0.1, 0.15) is 5.75 Å². The molecule has 1 amide bonds. The highest BCUT2D eigenvalue weighted by molar-refractivity contribution is 7.90. The first-order valence-corrected chi connectivity index (χ1v) is 13.8. The predicted molar refractivity (Wildman–Crippen MR) is 144 cm³/mol. The number of halogens is 1. The second-order valence-corrected chi connectivity index (χ2v) is 10.2. The van der Waals surface area contributed by atoms with E-state index in [0.717, 1.165) is 51.2 Å². The molecule has 1 unspecified atom stereocenters. The van der Waals surface area contributed by atoms with E-state index in [2.05, 4.69) is 36.9 Å². The summed E-state index contributed by atoms with van der Waals surface area (Å²) in [6, 6.07) is 14.7. The summed E-state index contributed by atoms with van der Waals surface area (Å²) in [5, 5.41) is 8.78. The van der Waals surface area contributed by atoms with Crippen molar-refractivity contribution in [2.75, 3.05) is 62.0 Å². The lowest BCUT2D eigenvalue weighted by Gasteiger charge is -2.26. The van der Waals surface area contributed by atoms with Gasteiger partial charge in [-0.3, -0.25) is 9.69 Å². The van der Waals surface area contributed by atoms with Gasteiger partial charge in [0.25, 0.3) is 5.91 Å². The van der Waals surface area contributed by atoms with Gasteiger partial charge < -0.3 is 25.2 Å². The molecule has 1 saturated heterocycles. The summed E-state index contributed by atoms with van der Waals surface area (Å²) in [5.74, 6) is -0.486. The number of anilines is 4. The summed E-state index contributed by atoms with van der Waals surface area (Å²) in [5.41, 5.74) is 2.69. The number of aromatic nitrogens is 2. The highest BCUT2D eigenvalue weighted by Gasteiger charge is 2.15. The molecule has 1 fully saturated rings. The molecule has 196 valence electrons. The highest BCUT2D eigenvalue weighted by atomic mass is 32.2. The van der Waals surface area contributed by atoms with Gasteiger partial charge >= 0.3 is 0 Å². The van der Waals surface area contributed by atoms with Crippen LogP contribution in [0.15, 0.2) is 54.7 Å². The number of rotatable bonds is 11. The topological polar surface area (TPSA) is 114 Å². The first-order chi connectivity index (χ1) is 18.0. The van der Waals surface area contributed by atoms with Gasteiger partial charge in [0.05, 0.1) is 43.5 Å². The number of amides is 1. The lowest BCUT2D eigenvalue weighted by molar-refractivity contribution is 0.0384. The van der Waals surface area contributed by atoms with Gasteiger partial charge in [-0.25, -0.2) is 9.37 Å². The molecular formula is C26H31FN6O3S. The van der Waals surface area contributed by atoms with Gasteiger partial charge in [-0.1, -0.05) is 35.4 Å². The molecule has 2 heterocycles. The molecule has 11 heteroatoms. The van der Waals surface area contributed by atoms with Crippen LogP contribution in [-0.2, 0) is 22.3 Å². The van der Waals surface area contributed by atoms with Crippen LogP contribution in [-0.4, -0.2) is 76.7 Å². The molecule has 3 N–H and O–H groups in total. The van der Waals surface area contributed by atoms with Crippen molar-refractivity contribution in [3.8, 4) is 0 Å². The molecule has 1 aliphatic rings. The maximum atomic E-state index is 14.6. The molecule has 37 heavy (non-hydrogen) atoms. The van der Waals surface area contributed by atoms with Crippen molar-refractivity contribution in [2.45, 2.75) is 6.42 Å². The third kappa shape index (κ3) is 8.12. The van der Waals surface area contributed by atoms with E-state index in [0.29, 0.717) is 17.0 Å². The average Bonchev–Trinajstić information content (AvgIpc) is 2.90. The van der Waals surface area contributed by atoms with Crippen LogP contribution in [0.25, 0.3) is 0 Å². The zero-order valence-electron chi connectivity index (χ0n) is 20.7. The summed E-state index contributed by atoms with van der Waals surface area (Å²) in [6.45, 7) is 4.67. The zero-order chi connectivity index (χ0) is 26.0. The standard InChI is InChI=1S/C26H31FN6O3S/c1-37(35)16-10-28-25(34)21-7-2-3-8-23(21)31-24-22(27)18-29-26(32-24)30-20-6-4-5-19(17-20)9-11-33-12-14-36-15-13-33/h2-8,17-18H,9-16H2,1H3,(H,28,34)(H2,29,30,31,32). The Bertz CT molecular complexity index is 1190. The van der Waals surface area contributed by atoms with Crippen LogP contribution in [0.2, 0.25) is 0 Å². The maximum Gasteiger partial charge on any atom is 0.253 e. The van der Waals surface area contributed by atoms with Crippen molar-refractivity contribution in [3.63, 3.8) is 0 Å². The molecule has 1 aromatic heterocycles. The summed E-state index contributed by atoms with van der Waals surface area (Å²) in [6.07, 6.45) is 3.56. The fourth-order valence-electron chi connectivity index (χ4n) is 3.88. The number of hydrogen-bond donors (Lipinski definition) is 3. The first kappa shape index (κ1) is 26.8. The number of carbonyl (C=O) groups is 1. The number of nitrogens with zero attached hydrogens (tertiary/aromatic N) is 3. The fraction of sp³-hybridized carbons (Fsp3) is 0.346. The summed E-state index contributed by atoms with van der Waals surface area (Å²) < 4.78 is 31.3. The maximum absolute atomic E-state index is 14.6. The number of hydrogen-bond acceptors (Lipinski definition) is 8. The number of morpholine rings is 1. The Labute approximate surface area is 219 Å². The Balaban J connectivity index is 1.42. The first-order valence-electron chi connectivity index (χ1n) is 12.1. The van der Waals surface area contributed by atoms with Gasteiger partial charge in [-0.05, 0) is 36.2 Å². The molecule has 1 atom stereocenters. The Morgan fingerprint density at radius 3 is 2.78 bits per heavy atom. The monoisotopic (exact) mass is 526 g/mol. The second-order valence-electron chi connectivity index (χ2n) is 8.62. The van der Waals surface area contributed by atoms with Crippen molar-refractivity contribution >= 4 is 40.2 Å². The molecule has 0 spiro atoms. The third-order valence-corrected chi connectivity index (χ3v) is 6.63.